The van der Waals surface area contributed by atoms with E-state index in [1.165, 1.54) is 0 Å². The largest absolute Gasteiger partial charge is 0.463 e. The van der Waals surface area contributed by atoms with Crippen LogP contribution in [-0.2, 0) is 11.3 Å². The Bertz CT molecular complexity index is 989. The van der Waals surface area contributed by atoms with Gasteiger partial charge in [-0.25, -0.2) is 4.98 Å². The standard InChI is InChI=1S/C22H29ClN6O2/c1-2-3-11-31-22-26-20(24-7-8-28-9-12-30-13-10-28)19-21(27-22)29(16-25-19)15-17-5-4-6-18(23)14-17/h4-6,14,16H,2-3,7-13,15H2,1H3,(H,24,26,27). The van der Waals surface area contributed by atoms with E-state index in [1.54, 1.807) is 6.33 Å². The third kappa shape index (κ3) is 5.84. The molecule has 0 atom stereocenters. The van der Waals surface area contributed by atoms with Crippen LogP contribution in [0.4, 0.5) is 5.82 Å². The normalized spacial score (nSPS) is 14.8. The smallest absolute Gasteiger partial charge is 0.320 e. The van der Waals surface area contributed by atoms with Crippen molar-refractivity contribution < 1.29 is 9.47 Å². The molecule has 1 aromatic carbocycles. The molecular formula is C22H29ClN6O2. The monoisotopic (exact) mass is 444 g/mol. The van der Waals surface area contributed by atoms with Crippen LogP contribution in [0, 0.1) is 0 Å². The van der Waals surface area contributed by atoms with Crippen molar-refractivity contribution in [3.63, 3.8) is 0 Å². The Morgan fingerprint density at radius 3 is 2.90 bits per heavy atom. The Balaban J connectivity index is 1.54. The van der Waals surface area contributed by atoms with Crippen molar-refractivity contribution in [1.29, 1.82) is 0 Å². The molecule has 2 aromatic heterocycles. The van der Waals surface area contributed by atoms with Crippen molar-refractivity contribution in [2.75, 3.05) is 51.3 Å². The van der Waals surface area contributed by atoms with Crippen molar-refractivity contribution in [3.8, 4) is 6.01 Å². The van der Waals surface area contributed by atoms with Crippen molar-refractivity contribution in [2.45, 2.75) is 26.3 Å². The lowest BCUT2D eigenvalue weighted by atomic mass is 10.2. The topological polar surface area (TPSA) is 77.3 Å². The van der Waals surface area contributed by atoms with Crippen LogP contribution in [0.15, 0.2) is 30.6 Å². The number of nitrogens with one attached hydrogen (secondary N) is 1. The van der Waals surface area contributed by atoms with Gasteiger partial charge in [-0.05, 0) is 24.1 Å². The highest BCUT2D eigenvalue weighted by Crippen LogP contribution is 2.23. The van der Waals surface area contributed by atoms with Crippen molar-refractivity contribution in [2.24, 2.45) is 0 Å². The third-order valence-electron chi connectivity index (χ3n) is 5.24. The lowest BCUT2D eigenvalue weighted by molar-refractivity contribution is 0.0398. The summed E-state index contributed by atoms with van der Waals surface area (Å²) in [5.74, 6) is 0.703. The molecule has 166 valence electrons. The first-order chi connectivity index (χ1) is 15.2. The molecule has 0 saturated carbocycles. The quantitative estimate of drug-likeness (QED) is 0.480. The van der Waals surface area contributed by atoms with Gasteiger partial charge >= 0.3 is 6.01 Å². The van der Waals surface area contributed by atoms with Crippen LogP contribution >= 0.6 is 11.6 Å². The molecule has 1 aliphatic rings. The van der Waals surface area contributed by atoms with Gasteiger partial charge in [-0.15, -0.1) is 0 Å². The number of morpholine rings is 1. The fraction of sp³-hybridized carbons (Fsp3) is 0.500. The van der Waals surface area contributed by atoms with Gasteiger partial charge in [0.2, 0.25) is 0 Å². The van der Waals surface area contributed by atoms with Crippen LogP contribution in [0.2, 0.25) is 5.02 Å². The van der Waals surface area contributed by atoms with Crippen LogP contribution < -0.4 is 10.1 Å². The number of ether oxygens (including phenoxy) is 2. The van der Waals surface area contributed by atoms with E-state index in [9.17, 15) is 0 Å². The Morgan fingerprint density at radius 2 is 2.10 bits per heavy atom. The molecule has 1 saturated heterocycles. The molecule has 31 heavy (non-hydrogen) atoms. The van der Waals surface area contributed by atoms with E-state index in [1.807, 2.05) is 28.8 Å². The average Bonchev–Trinajstić information content (AvgIpc) is 3.17. The van der Waals surface area contributed by atoms with Gasteiger partial charge in [0.15, 0.2) is 17.0 Å². The van der Waals surface area contributed by atoms with Gasteiger partial charge in [-0.2, -0.15) is 9.97 Å². The van der Waals surface area contributed by atoms with E-state index in [4.69, 9.17) is 21.1 Å². The fourth-order valence-corrected chi connectivity index (χ4v) is 3.74. The van der Waals surface area contributed by atoms with E-state index in [-0.39, 0.29) is 0 Å². The molecular weight excluding hydrogens is 416 g/mol. The summed E-state index contributed by atoms with van der Waals surface area (Å²) in [6, 6.07) is 8.19. The second-order valence-electron chi connectivity index (χ2n) is 7.61. The molecule has 3 aromatic rings. The van der Waals surface area contributed by atoms with Crippen LogP contribution in [0.3, 0.4) is 0 Å². The Morgan fingerprint density at radius 1 is 1.23 bits per heavy atom. The second kappa shape index (κ2) is 10.7. The van der Waals surface area contributed by atoms with Crippen LogP contribution in [0.25, 0.3) is 11.2 Å². The van der Waals surface area contributed by atoms with Gasteiger partial charge < -0.3 is 19.4 Å². The number of benzene rings is 1. The number of aromatic nitrogens is 4. The first kappa shape index (κ1) is 21.8. The highest BCUT2D eigenvalue weighted by molar-refractivity contribution is 6.30. The number of imidazole rings is 1. The van der Waals surface area contributed by atoms with E-state index in [2.05, 4.69) is 32.1 Å². The molecule has 1 N–H and O–H groups in total. The van der Waals surface area contributed by atoms with Gasteiger partial charge in [0, 0.05) is 31.2 Å². The summed E-state index contributed by atoms with van der Waals surface area (Å²) >= 11 is 6.15. The maximum Gasteiger partial charge on any atom is 0.320 e. The highest BCUT2D eigenvalue weighted by Gasteiger charge is 2.16. The molecule has 1 fully saturated rings. The molecule has 0 unspecified atom stereocenters. The molecule has 0 amide bonds. The SMILES string of the molecule is CCCCOc1nc(NCCN2CCOCC2)c2ncn(Cc3cccc(Cl)c3)c2n1. The third-order valence-corrected chi connectivity index (χ3v) is 5.47. The molecule has 0 bridgehead atoms. The summed E-state index contributed by atoms with van der Waals surface area (Å²) in [4.78, 5) is 16.2. The number of hydrogen-bond acceptors (Lipinski definition) is 7. The molecule has 3 heterocycles. The van der Waals surface area contributed by atoms with E-state index in [0.29, 0.717) is 30.0 Å². The Kier molecular flexibility index (Phi) is 7.56. The van der Waals surface area contributed by atoms with Crippen LogP contribution in [0.1, 0.15) is 25.3 Å². The van der Waals surface area contributed by atoms with Crippen LogP contribution in [-0.4, -0.2) is 70.4 Å². The molecule has 8 nitrogen and oxygen atoms in total. The zero-order valence-corrected chi connectivity index (χ0v) is 18.6. The Labute approximate surface area is 187 Å². The summed E-state index contributed by atoms with van der Waals surface area (Å²) in [5, 5.41) is 4.16. The molecule has 0 aliphatic carbocycles. The average molecular weight is 445 g/mol. The predicted octanol–water partition coefficient (Wildman–Crippen LogP) is 3.45. The zero-order valence-electron chi connectivity index (χ0n) is 17.9. The number of anilines is 1. The van der Waals surface area contributed by atoms with Crippen LogP contribution in [0.5, 0.6) is 6.01 Å². The van der Waals surface area contributed by atoms with E-state index >= 15 is 0 Å². The summed E-state index contributed by atoms with van der Waals surface area (Å²) in [6.07, 6.45) is 3.81. The minimum Gasteiger partial charge on any atom is -0.463 e. The van der Waals surface area contributed by atoms with Gasteiger partial charge in [0.25, 0.3) is 0 Å². The summed E-state index contributed by atoms with van der Waals surface area (Å²) in [6.45, 7) is 8.54. The minimum atomic E-state index is 0.377. The van der Waals surface area contributed by atoms with Crippen molar-refractivity contribution in [1.82, 2.24) is 24.4 Å². The minimum absolute atomic E-state index is 0.377. The van der Waals surface area contributed by atoms with Gasteiger partial charge in [0.05, 0.1) is 32.7 Å². The summed E-state index contributed by atoms with van der Waals surface area (Å²) in [5.41, 5.74) is 2.57. The first-order valence-electron chi connectivity index (χ1n) is 10.9. The lowest BCUT2D eigenvalue weighted by Crippen LogP contribution is -2.39. The van der Waals surface area contributed by atoms with Crippen molar-refractivity contribution >= 4 is 28.6 Å². The number of fused-ring (bicyclic) bond motifs is 1. The van der Waals surface area contributed by atoms with Gasteiger partial charge in [-0.3, -0.25) is 4.90 Å². The predicted molar refractivity (Wildman–Crippen MR) is 122 cm³/mol. The number of rotatable bonds is 10. The lowest BCUT2D eigenvalue weighted by Gasteiger charge is -2.26. The fourth-order valence-electron chi connectivity index (χ4n) is 3.52. The maximum atomic E-state index is 6.15. The number of halogens is 1. The summed E-state index contributed by atoms with van der Waals surface area (Å²) < 4.78 is 13.3. The molecule has 4 rings (SSSR count). The van der Waals surface area contributed by atoms with E-state index in [0.717, 1.165) is 69.0 Å². The maximum absolute atomic E-state index is 6.15. The molecule has 1 aliphatic heterocycles. The zero-order chi connectivity index (χ0) is 21.5. The van der Waals surface area contributed by atoms with E-state index < -0.39 is 0 Å². The molecule has 0 spiro atoms. The Hall–Kier alpha value is -2.42. The van der Waals surface area contributed by atoms with Gasteiger partial charge in [0.1, 0.15) is 0 Å². The summed E-state index contributed by atoms with van der Waals surface area (Å²) in [7, 11) is 0. The van der Waals surface area contributed by atoms with Crippen molar-refractivity contribution in [3.05, 3.63) is 41.2 Å². The molecule has 0 radical (unpaired) electrons. The second-order valence-corrected chi connectivity index (χ2v) is 8.05. The first-order valence-corrected chi connectivity index (χ1v) is 11.2. The number of nitrogens with zero attached hydrogens (tertiary/aromatic N) is 5. The number of hydrogen-bond donors (Lipinski definition) is 1. The van der Waals surface area contributed by atoms with Gasteiger partial charge in [-0.1, -0.05) is 37.1 Å². The number of unbranched alkanes of at least 4 members (excludes halogenated alkanes) is 1. The highest BCUT2D eigenvalue weighted by atomic mass is 35.5. The molecule has 9 heteroatoms.